The number of Topliss-reactive ketones (excluding diaryl/α,β-unsaturated/α-hetero) is 1. The lowest BCUT2D eigenvalue weighted by molar-refractivity contribution is -0.140. The Morgan fingerprint density at radius 1 is 1.09 bits per heavy atom. The number of aliphatic hydroxyl groups excluding tert-OH is 1. The summed E-state index contributed by atoms with van der Waals surface area (Å²) < 4.78 is 6.73. The summed E-state index contributed by atoms with van der Waals surface area (Å²) in [7, 11) is 0. The molecular formula is C28H35BrN2O4. The maximum absolute atomic E-state index is 13.2. The number of benzene rings is 2. The summed E-state index contributed by atoms with van der Waals surface area (Å²) in [5, 5.41) is 11.3. The zero-order valence-corrected chi connectivity index (χ0v) is 22.6. The van der Waals surface area contributed by atoms with E-state index < -0.39 is 17.7 Å². The lowest BCUT2D eigenvalue weighted by atomic mass is 9.95. The van der Waals surface area contributed by atoms with Crippen LogP contribution in [-0.4, -0.2) is 59.4 Å². The molecule has 188 valence electrons. The summed E-state index contributed by atoms with van der Waals surface area (Å²) in [5.74, 6) is -0.650. The van der Waals surface area contributed by atoms with Gasteiger partial charge in [0, 0.05) is 23.1 Å². The molecule has 1 N–H and O–H groups in total. The van der Waals surface area contributed by atoms with Crippen LogP contribution >= 0.6 is 15.9 Å². The predicted molar refractivity (Wildman–Crippen MR) is 143 cm³/mol. The molecule has 2 aromatic rings. The fraction of sp³-hybridized carbons (Fsp3) is 0.429. The Labute approximate surface area is 216 Å². The van der Waals surface area contributed by atoms with Gasteiger partial charge in [0.1, 0.15) is 11.5 Å². The van der Waals surface area contributed by atoms with Gasteiger partial charge in [0.05, 0.1) is 18.2 Å². The van der Waals surface area contributed by atoms with Crippen molar-refractivity contribution in [3.05, 3.63) is 69.2 Å². The molecule has 0 spiro atoms. The number of unbranched alkanes of at least 4 members (excludes halogenated alkanes) is 1. The SMILES string of the molecule is CCCCOc1ccc(/C(O)=C2\C(=O)C(=O)N(CCN(CC)CC)[C@H]2c2ccc(Br)cc2)cc1C. The molecule has 1 aliphatic heterocycles. The van der Waals surface area contributed by atoms with Crippen LogP contribution in [0.2, 0.25) is 0 Å². The van der Waals surface area contributed by atoms with Gasteiger partial charge >= 0.3 is 0 Å². The van der Waals surface area contributed by atoms with Crippen molar-refractivity contribution in [2.24, 2.45) is 0 Å². The predicted octanol–water partition coefficient (Wildman–Crippen LogP) is 5.70. The molecule has 1 atom stereocenters. The van der Waals surface area contributed by atoms with Crippen molar-refractivity contribution in [2.45, 2.75) is 46.6 Å². The van der Waals surface area contributed by atoms with E-state index in [1.54, 1.807) is 17.0 Å². The molecule has 1 aliphatic rings. The highest BCUT2D eigenvalue weighted by Gasteiger charge is 2.46. The molecule has 6 nitrogen and oxygen atoms in total. The van der Waals surface area contributed by atoms with Crippen LogP contribution in [0.4, 0.5) is 0 Å². The van der Waals surface area contributed by atoms with Crippen LogP contribution in [0, 0.1) is 6.92 Å². The van der Waals surface area contributed by atoms with Crippen LogP contribution in [0.1, 0.15) is 56.3 Å². The van der Waals surface area contributed by atoms with Crippen LogP contribution in [0.25, 0.3) is 5.76 Å². The Morgan fingerprint density at radius 3 is 2.37 bits per heavy atom. The summed E-state index contributed by atoms with van der Waals surface area (Å²) in [5.41, 5.74) is 2.26. The van der Waals surface area contributed by atoms with Gasteiger partial charge in [0.2, 0.25) is 0 Å². The average molecular weight is 544 g/mol. The van der Waals surface area contributed by atoms with E-state index in [9.17, 15) is 14.7 Å². The van der Waals surface area contributed by atoms with Gasteiger partial charge < -0.3 is 19.6 Å². The quantitative estimate of drug-likeness (QED) is 0.171. The zero-order chi connectivity index (χ0) is 25.5. The van der Waals surface area contributed by atoms with E-state index in [2.05, 4.69) is 41.6 Å². The van der Waals surface area contributed by atoms with Crippen LogP contribution < -0.4 is 4.74 Å². The fourth-order valence-corrected chi connectivity index (χ4v) is 4.60. The first kappa shape index (κ1) is 27.0. The molecule has 0 bridgehead atoms. The Balaban J connectivity index is 2.03. The van der Waals surface area contributed by atoms with Crippen molar-refractivity contribution in [2.75, 3.05) is 32.8 Å². The highest BCUT2D eigenvalue weighted by molar-refractivity contribution is 9.10. The number of ether oxygens (including phenoxy) is 1. The fourth-order valence-electron chi connectivity index (χ4n) is 4.33. The van der Waals surface area contributed by atoms with Crippen LogP contribution in [0.3, 0.4) is 0 Å². The number of hydrogen-bond acceptors (Lipinski definition) is 5. The van der Waals surface area contributed by atoms with E-state index in [0.29, 0.717) is 25.3 Å². The van der Waals surface area contributed by atoms with Gasteiger partial charge in [-0.1, -0.05) is 55.3 Å². The van der Waals surface area contributed by atoms with Crippen LogP contribution in [-0.2, 0) is 9.59 Å². The van der Waals surface area contributed by atoms with E-state index in [1.807, 2.05) is 37.3 Å². The summed E-state index contributed by atoms with van der Waals surface area (Å²) in [4.78, 5) is 30.2. The molecule has 2 aromatic carbocycles. The molecule has 35 heavy (non-hydrogen) atoms. The van der Waals surface area contributed by atoms with Crippen LogP contribution in [0.15, 0.2) is 52.5 Å². The third kappa shape index (κ3) is 6.14. The summed E-state index contributed by atoms with van der Waals surface area (Å²) >= 11 is 3.45. The number of carbonyl (C=O) groups is 2. The highest BCUT2D eigenvalue weighted by Crippen LogP contribution is 2.40. The van der Waals surface area contributed by atoms with Crippen molar-refractivity contribution in [3.63, 3.8) is 0 Å². The first-order chi connectivity index (χ1) is 16.8. The molecule has 0 radical (unpaired) electrons. The van der Waals surface area contributed by atoms with Gasteiger partial charge in [0.15, 0.2) is 0 Å². The van der Waals surface area contributed by atoms with Crippen molar-refractivity contribution in [3.8, 4) is 5.75 Å². The summed E-state index contributed by atoms with van der Waals surface area (Å²) in [6, 6.07) is 12.2. The smallest absolute Gasteiger partial charge is 0.295 e. The zero-order valence-electron chi connectivity index (χ0n) is 21.0. The molecular weight excluding hydrogens is 508 g/mol. The second-order valence-corrected chi connectivity index (χ2v) is 9.67. The number of nitrogens with zero attached hydrogens (tertiary/aromatic N) is 2. The summed E-state index contributed by atoms with van der Waals surface area (Å²) in [6.45, 7) is 11.5. The third-order valence-corrected chi connectivity index (χ3v) is 7.01. The number of ketones is 1. The number of aliphatic hydroxyl groups is 1. The number of likely N-dealkylation sites (tertiary alicyclic amines) is 1. The lowest BCUT2D eigenvalue weighted by Gasteiger charge is -2.28. The second kappa shape index (κ2) is 12.4. The van der Waals surface area contributed by atoms with Gasteiger partial charge in [0.25, 0.3) is 11.7 Å². The number of rotatable bonds is 11. The summed E-state index contributed by atoms with van der Waals surface area (Å²) in [6.07, 6.45) is 2.01. The van der Waals surface area contributed by atoms with Crippen molar-refractivity contribution in [1.29, 1.82) is 0 Å². The molecule has 0 unspecified atom stereocenters. The average Bonchev–Trinajstić information content (AvgIpc) is 3.10. The number of carbonyl (C=O) groups excluding carboxylic acids is 2. The maximum atomic E-state index is 13.2. The maximum Gasteiger partial charge on any atom is 0.295 e. The van der Waals surface area contributed by atoms with Crippen molar-refractivity contribution in [1.82, 2.24) is 9.80 Å². The molecule has 7 heteroatoms. The van der Waals surface area contributed by atoms with Gasteiger partial charge in [-0.05, 0) is 67.9 Å². The minimum Gasteiger partial charge on any atom is -0.507 e. The van der Waals surface area contributed by atoms with E-state index in [0.717, 1.165) is 47.3 Å². The molecule has 1 heterocycles. The third-order valence-electron chi connectivity index (χ3n) is 6.48. The number of amides is 1. The van der Waals surface area contributed by atoms with Crippen LogP contribution in [0.5, 0.6) is 5.75 Å². The number of hydrogen-bond donors (Lipinski definition) is 1. The largest absolute Gasteiger partial charge is 0.507 e. The van der Waals surface area contributed by atoms with E-state index >= 15 is 0 Å². The molecule has 1 saturated heterocycles. The van der Waals surface area contributed by atoms with Gasteiger partial charge in [-0.3, -0.25) is 9.59 Å². The standard InChI is InChI=1S/C28H35BrN2O4/c1-5-8-17-35-23-14-11-21(18-19(23)4)26(32)24-25(20-9-12-22(29)13-10-20)31(28(34)27(24)33)16-15-30(6-2)7-3/h9-14,18,25,32H,5-8,15-17H2,1-4H3/b26-24+/t25-/m0/s1. The van der Waals surface area contributed by atoms with Crippen molar-refractivity contribution < 1.29 is 19.4 Å². The first-order valence-electron chi connectivity index (χ1n) is 12.3. The van der Waals surface area contributed by atoms with Gasteiger partial charge in [-0.15, -0.1) is 0 Å². The normalized spacial score (nSPS) is 17.4. The van der Waals surface area contributed by atoms with E-state index in [1.165, 1.54) is 0 Å². The molecule has 3 rings (SSSR count). The molecule has 0 aromatic heterocycles. The van der Waals surface area contributed by atoms with Crippen molar-refractivity contribution >= 4 is 33.4 Å². The molecule has 1 amide bonds. The monoisotopic (exact) mass is 542 g/mol. The minimum atomic E-state index is -0.657. The highest BCUT2D eigenvalue weighted by atomic mass is 79.9. The van der Waals surface area contributed by atoms with E-state index in [-0.39, 0.29) is 11.3 Å². The number of likely N-dealkylation sites (N-methyl/N-ethyl adjacent to an activating group) is 1. The Hall–Kier alpha value is -2.64. The topological polar surface area (TPSA) is 70.1 Å². The second-order valence-electron chi connectivity index (χ2n) is 8.75. The minimum absolute atomic E-state index is 0.121. The van der Waals surface area contributed by atoms with Gasteiger partial charge in [-0.25, -0.2) is 0 Å². The molecule has 0 saturated carbocycles. The lowest BCUT2D eigenvalue weighted by Crippen LogP contribution is -2.38. The first-order valence-corrected chi connectivity index (χ1v) is 13.1. The molecule has 0 aliphatic carbocycles. The van der Waals surface area contributed by atoms with Gasteiger partial charge in [-0.2, -0.15) is 0 Å². The van der Waals surface area contributed by atoms with E-state index in [4.69, 9.17) is 4.74 Å². The Morgan fingerprint density at radius 2 is 1.77 bits per heavy atom. The Bertz CT molecular complexity index is 1080. The Kier molecular flexibility index (Phi) is 9.52. The number of halogens is 1. The molecule has 1 fully saturated rings. The number of aryl methyl sites for hydroxylation is 1.